The monoisotopic (exact) mass is 331 g/mol. The maximum Gasteiger partial charge on any atom is 0.322 e. The van der Waals surface area contributed by atoms with Gasteiger partial charge in [0.2, 0.25) is 5.01 Å². The normalized spacial score (nSPS) is 15.4. The molecule has 0 radical (unpaired) electrons. The molecule has 0 heterocycles. The molecule has 0 aromatic carbocycles. The number of carbonyl (C=O) groups is 1. The Morgan fingerprint density at radius 2 is 2.29 bits per heavy atom. The van der Waals surface area contributed by atoms with Crippen molar-refractivity contribution in [3.05, 3.63) is 0 Å². The summed E-state index contributed by atoms with van der Waals surface area (Å²) in [5.41, 5.74) is 0. The maximum atomic E-state index is 10.4. The van der Waals surface area contributed by atoms with E-state index in [1.807, 2.05) is 6.92 Å². The summed E-state index contributed by atoms with van der Waals surface area (Å²) < 4.78 is 4.95. The van der Waals surface area contributed by atoms with Crippen LogP contribution < -0.4 is 0 Å². The summed E-state index contributed by atoms with van der Waals surface area (Å²) >= 11 is 5.92. The van der Waals surface area contributed by atoms with Gasteiger partial charge in [-0.2, -0.15) is 0 Å². The SMILES string of the molecule is CCOCC=NOC(Br)C(Br)C(=O)O. The molecular weight excluding hydrogens is 322 g/mol. The number of rotatable bonds is 7. The van der Waals surface area contributed by atoms with Gasteiger partial charge in [0.25, 0.3) is 0 Å². The summed E-state index contributed by atoms with van der Waals surface area (Å²) in [6.07, 6.45) is 1.42. The number of alkyl halides is 2. The van der Waals surface area contributed by atoms with Gasteiger partial charge in [0.1, 0.15) is 0 Å². The molecule has 0 aliphatic rings. The van der Waals surface area contributed by atoms with Gasteiger partial charge in [-0.15, -0.1) is 0 Å². The largest absolute Gasteiger partial charge is 0.480 e. The zero-order chi connectivity index (χ0) is 11.0. The minimum Gasteiger partial charge on any atom is -0.480 e. The molecule has 82 valence electrons. The fourth-order valence-corrected chi connectivity index (χ4v) is 0.887. The first-order valence-electron chi connectivity index (χ1n) is 3.86. The molecule has 0 amide bonds. The van der Waals surface area contributed by atoms with Crippen molar-refractivity contribution < 1.29 is 19.5 Å². The first-order valence-corrected chi connectivity index (χ1v) is 5.69. The van der Waals surface area contributed by atoms with Crippen LogP contribution in [0, 0.1) is 0 Å². The number of hydrogen-bond acceptors (Lipinski definition) is 4. The van der Waals surface area contributed by atoms with Gasteiger partial charge < -0.3 is 14.7 Å². The molecule has 7 heteroatoms. The molecule has 0 spiro atoms. The molecule has 0 aromatic rings. The smallest absolute Gasteiger partial charge is 0.322 e. The Balaban J connectivity index is 3.67. The molecule has 2 atom stereocenters. The average molecular weight is 333 g/mol. The highest BCUT2D eigenvalue weighted by Crippen LogP contribution is 2.15. The number of carboxylic acids is 1. The summed E-state index contributed by atoms with van der Waals surface area (Å²) in [5, 5.41) is 11.4. The van der Waals surface area contributed by atoms with E-state index < -0.39 is 15.8 Å². The number of ether oxygens (including phenoxy) is 1. The molecule has 0 aromatic heterocycles. The Labute approximate surface area is 98.7 Å². The summed E-state index contributed by atoms with van der Waals surface area (Å²) in [4.78, 5) is 14.4. The van der Waals surface area contributed by atoms with Crippen LogP contribution in [0.4, 0.5) is 0 Å². The van der Waals surface area contributed by atoms with Gasteiger partial charge in [-0.25, -0.2) is 0 Å². The predicted octanol–water partition coefficient (Wildman–Crippen LogP) is 1.59. The molecule has 0 aliphatic heterocycles. The van der Waals surface area contributed by atoms with Crippen LogP contribution in [0.5, 0.6) is 0 Å². The second-order valence-corrected chi connectivity index (χ2v) is 4.03. The zero-order valence-electron chi connectivity index (χ0n) is 7.52. The number of carboxylic acid groups (broad SMARTS) is 1. The van der Waals surface area contributed by atoms with Gasteiger partial charge in [0, 0.05) is 6.61 Å². The van der Waals surface area contributed by atoms with Crippen LogP contribution in [0.2, 0.25) is 0 Å². The van der Waals surface area contributed by atoms with Gasteiger partial charge in [0.15, 0.2) is 4.83 Å². The van der Waals surface area contributed by atoms with Gasteiger partial charge in [-0.3, -0.25) is 4.79 Å². The van der Waals surface area contributed by atoms with Crippen LogP contribution in [0.15, 0.2) is 5.16 Å². The van der Waals surface area contributed by atoms with Crippen molar-refractivity contribution in [1.29, 1.82) is 0 Å². The fourth-order valence-electron chi connectivity index (χ4n) is 0.468. The lowest BCUT2D eigenvalue weighted by atomic mass is 10.5. The Morgan fingerprint density at radius 1 is 1.64 bits per heavy atom. The molecule has 0 rings (SSSR count). The first kappa shape index (κ1) is 13.9. The molecule has 0 saturated heterocycles. The zero-order valence-corrected chi connectivity index (χ0v) is 10.7. The van der Waals surface area contributed by atoms with Crippen LogP contribution in [0.3, 0.4) is 0 Å². The van der Waals surface area contributed by atoms with Gasteiger partial charge in [-0.1, -0.05) is 21.1 Å². The van der Waals surface area contributed by atoms with Crippen LogP contribution in [0.25, 0.3) is 0 Å². The molecule has 5 nitrogen and oxygen atoms in total. The molecule has 0 fully saturated rings. The molecule has 1 N–H and O–H groups in total. The van der Waals surface area contributed by atoms with Crippen LogP contribution in [-0.4, -0.2) is 40.3 Å². The number of oxime groups is 1. The minimum absolute atomic E-state index is 0.343. The van der Waals surface area contributed by atoms with E-state index in [0.717, 1.165) is 0 Å². The highest BCUT2D eigenvalue weighted by molar-refractivity contribution is 9.12. The Bertz CT molecular complexity index is 200. The quantitative estimate of drug-likeness (QED) is 0.333. The van der Waals surface area contributed by atoms with Crippen molar-refractivity contribution in [3.63, 3.8) is 0 Å². The Kier molecular flexibility index (Phi) is 8.11. The predicted molar refractivity (Wildman–Crippen MR) is 59.1 cm³/mol. The molecule has 0 bridgehead atoms. The lowest BCUT2D eigenvalue weighted by molar-refractivity contribution is -0.137. The summed E-state index contributed by atoms with van der Waals surface area (Å²) in [6, 6.07) is 0. The van der Waals surface area contributed by atoms with E-state index in [0.29, 0.717) is 13.2 Å². The van der Waals surface area contributed by atoms with Crippen molar-refractivity contribution in [3.8, 4) is 0 Å². The average Bonchev–Trinajstić information content (AvgIpc) is 2.16. The summed E-state index contributed by atoms with van der Waals surface area (Å²) in [6.45, 7) is 2.80. The molecule has 0 saturated carbocycles. The van der Waals surface area contributed by atoms with E-state index in [2.05, 4.69) is 37.0 Å². The number of hydrogen-bond donors (Lipinski definition) is 1. The van der Waals surface area contributed by atoms with E-state index in [4.69, 9.17) is 14.7 Å². The first-order chi connectivity index (χ1) is 6.59. The van der Waals surface area contributed by atoms with Crippen molar-refractivity contribution >= 4 is 44.0 Å². The lowest BCUT2D eigenvalue weighted by Gasteiger charge is -2.09. The topological polar surface area (TPSA) is 68.1 Å². The van der Waals surface area contributed by atoms with Gasteiger partial charge in [-0.05, 0) is 22.9 Å². The third-order valence-electron chi connectivity index (χ3n) is 1.10. The van der Waals surface area contributed by atoms with Gasteiger partial charge >= 0.3 is 5.97 Å². The van der Waals surface area contributed by atoms with Crippen molar-refractivity contribution in [1.82, 2.24) is 0 Å². The van der Waals surface area contributed by atoms with Gasteiger partial charge in [0.05, 0.1) is 12.8 Å². The summed E-state index contributed by atoms with van der Waals surface area (Å²) in [5.74, 6) is -1.02. The minimum atomic E-state index is -1.02. The van der Waals surface area contributed by atoms with Crippen LogP contribution >= 0.6 is 31.9 Å². The fraction of sp³-hybridized carbons (Fsp3) is 0.714. The third-order valence-corrected chi connectivity index (χ3v) is 3.38. The van der Waals surface area contributed by atoms with Crippen LogP contribution in [-0.2, 0) is 14.4 Å². The number of nitrogens with zero attached hydrogens (tertiary/aromatic N) is 1. The highest BCUT2D eigenvalue weighted by atomic mass is 79.9. The maximum absolute atomic E-state index is 10.4. The van der Waals surface area contributed by atoms with E-state index in [1.165, 1.54) is 6.21 Å². The van der Waals surface area contributed by atoms with E-state index in [-0.39, 0.29) is 0 Å². The molecule has 2 unspecified atom stereocenters. The third kappa shape index (κ3) is 6.33. The second-order valence-electron chi connectivity index (χ2n) is 2.14. The number of aliphatic carboxylic acids is 1. The Morgan fingerprint density at radius 3 is 2.79 bits per heavy atom. The number of halogens is 2. The van der Waals surface area contributed by atoms with Crippen molar-refractivity contribution in [2.75, 3.05) is 13.2 Å². The standard InChI is InChI=1S/C7H11Br2NO4/c1-2-13-4-3-10-14-6(9)5(8)7(11)12/h3,5-6H,2,4H2,1H3,(H,11,12). The Hall–Kier alpha value is -0.140. The highest BCUT2D eigenvalue weighted by Gasteiger charge is 2.24. The summed E-state index contributed by atoms with van der Waals surface area (Å²) in [7, 11) is 0. The van der Waals surface area contributed by atoms with E-state index in [9.17, 15) is 4.79 Å². The molecule has 14 heavy (non-hydrogen) atoms. The lowest BCUT2D eigenvalue weighted by Crippen LogP contribution is -2.24. The van der Waals surface area contributed by atoms with Crippen molar-refractivity contribution in [2.45, 2.75) is 16.8 Å². The van der Waals surface area contributed by atoms with E-state index in [1.54, 1.807) is 0 Å². The van der Waals surface area contributed by atoms with Crippen LogP contribution in [0.1, 0.15) is 6.92 Å². The second kappa shape index (κ2) is 8.19. The molecular formula is C7H11Br2NO4. The van der Waals surface area contributed by atoms with Crippen molar-refractivity contribution in [2.24, 2.45) is 5.16 Å². The van der Waals surface area contributed by atoms with E-state index >= 15 is 0 Å². The molecule has 0 aliphatic carbocycles.